The number of methoxy groups -OCH3 is 1. The van der Waals surface area contributed by atoms with Crippen molar-refractivity contribution in [3.05, 3.63) is 70.0 Å². The summed E-state index contributed by atoms with van der Waals surface area (Å²) in [7, 11) is 1.65. The van der Waals surface area contributed by atoms with Gasteiger partial charge in [0.15, 0.2) is 4.80 Å². The van der Waals surface area contributed by atoms with Crippen LogP contribution in [0.25, 0.3) is 21.0 Å². The SMILES string of the molecule is CCOc1ccc2ccccc2c1C(=O)N=c1sc2cc(Cl)ccc2n1CCOC. The van der Waals surface area contributed by atoms with Gasteiger partial charge in [-0.1, -0.05) is 53.3 Å². The maximum absolute atomic E-state index is 13.4. The summed E-state index contributed by atoms with van der Waals surface area (Å²) in [4.78, 5) is 18.5. The van der Waals surface area contributed by atoms with E-state index in [4.69, 9.17) is 21.1 Å². The van der Waals surface area contributed by atoms with Crippen molar-refractivity contribution in [3.63, 3.8) is 0 Å². The lowest BCUT2D eigenvalue weighted by atomic mass is 10.0. The van der Waals surface area contributed by atoms with Crippen LogP contribution in [0.3, 0.4) is 0 Å². The fraction of sp³-hybridized carbons (Fsp3) is 0.217. The minimum Gasteiger partial charge on any atom is -0.493 e. The average molecular weight is 441 g/mol. The van der Waals surface area contributed by atoms with Crippen molar-refractivity contribution < 1.29 is 14.3 Å². The number of amides is 1. The van der Waals surface area contributed by atoms with Gasteiger partial charge in [-0.05, 0) is 42.0 Å². The van der Waals surface area contributed by atoms with Crippen molar-refractivity contribution in [2.24, 2.45) is 4.99 Å². The minimum atomic E-state index is -0.334. The smallest absolute Gasteiger partial charge is 0.284 e. The van der Waals surface area contributed by atoms with Gasteiger partial charge in [0.25, 0.3) is 5.91 Å². The number of carbonyl (C=O) groups is 1. The maximum atomic E-state index is 13.4. The molecular formula is C23H21ClN2O3S. The number of nitrogens with zero attached hydrogens (tertiary/aromatic N) is 2. The lowest BCUT2D eigenvalue weighted by Gasteiger charge is -2.11. The van der Waals surface area contributed by atoms with E-state index in [1.807, 2.05) is 66.1 Å². The topological polar surface area (TPSA) is 52.8 Å². The number of aromatic nitrogens is 1. The molecule has 30 heavy (non-hydrogen) atoms. The molecule has 1 aromatic heterocycles. The molecule has 0 radical (unpaired) electrons. The fourth-order valence-electron chi connectivity index (χ4n) is 3.42. The van der Waals surface area contributed by atoms with Gasteiger partial charge in [-0.25, -0.2) is 0 Å². The molecule has 0 saturated carbocycles. The molecule has 4 aromatic rings. The van der Waals surface area contributed by atoms with Gasteiger partial charge in [0.05, 0.1) is 29.0 Å². The van der Waals surface area contributed by atoms with Crippen molar-refractivity contribution in [2.45, 2.75) is 13.5 Å². The Morgan fingerprint density at radius 3 is 2.80 bits per heavy atom. The Morgan fingerprint density at radius 1 is 1.17 bits per heavy atom. The second-order valence-electron chi connectivity index (χ2n) is 6.65. The molecule has 0 spiro atoms. The molecule has 0 unspecified atom stereocenters. The Hall–Kier alpha value is -2.67. The monoisotopic (exact) mass is 440 g/mol. The van der Waals surface area contributed by atoms with Gasteiger partial charge in [0, 0.05) is 18.7 Å². The molecule has 0 saturated heterocycles. The molecule has 1 amide bonds. The van der Waals surface area contributed by atoms with E-state index in [1.165, 1.54) is 11.3 Å². The molecule has 3 aromatic carbocycles. The van der Waals surface area contributed by atoms with Crippen molar-refractivity contribution in [1.82, 2.24) is 4.57 Å². The minimum absolute atomic E-state index is 0.334. The molecule has 154 valence electrons. The van der Waals surface area contributed by atoms with Gasteiger partial charge in [0.1, 0.15) is 5.75 Å². The summed E-state index contributed by atoms with van der Waals surface area (Å²) in [6, 6.07) is 17.2. The number of thiazole rings is 1. The van der Waals surface area contributed by atoms with Gasteiger partial charge in [-0.15, -0.1) is 0 Å². The lowest BCUT2D eigenvalue weighted by molar-refractivity contribution is 0.0995. The first-order valence-electron chi connectivity index (χ1n) is 9.63. The number of ether oxygens (including phenoxy) is 2. The summed E-state index contributed by atoms with van der Waals surface area (Å²) in [5, 5.41) is 2.44. The van der Waals surface area contributed by atoms with Crippen LogP contribution in [0, 0.1) is 0 Å². The van der Waals surface area contributed by atoms with E-state index in [2.05, 4.69) is 4.99 Å². The van der Waals surface area contributed by atoms with Crippen LogP contribution < -0.4 is 9.54 Å². The Labute approximate surface area is 183 Å². The molecule has 0 atom stereocenters. The van der Waals surface area contributed by atoms with Crippen LogP contribution in [0.4, 0.5) is 0 Å². The Morgan fingerprint density at radius 2 is 2.00 bits per heavy atom. The number of hydrogen-bond acceptors (Lipinski definition) is 4. The standard InChI is InChI=1S/C23H21ClN2O3S/c1-3-29-19-11-8-15-6-4-5-7-17(15)21(19)22(27)25-23-26(12-13-28-2)18-10-9-16(24)14-20(18)30-23/h4-11,14H,3,12-13H2,1-2H3. The molecule has 0 fully saturated rings. The Kier molecular flexibility index (Phi) is 6.18. The van der Waals surface area contributed by atoms with Gasteiger partial charge >= 0.3 is 0 Å². The zero-order chi connectivity index (χ0) is 21.1. The van der Waals surface area contributed by atoms with E-state index < -0.39 is 0 Å². The van der Waals surface area contributed by atoms with E-state index in [0.717, 1.165) is 21.0 Å². The first kappa shape index (κ1) is 20.6. The van der Waals surface area contributed by atoms with Gasteiger partial charge in [-0.2, -0.15) is 4.99 Å². The molecule has 1 heterocycles. The summed E-state index contributed by atoms with van der Waals surface area (Å²) < 4.78 is 14.0. The molecule has 7 heteroatoms. The summed E-state index contributed by atoms with van der Waals surface area (Å²) in [6.07, 6.45) is 0. The maximum Gasteiger partial charge on any atom is 0.284 e. The molecule has 5 nitrogen and oxygen atoms in total. The molecule has 0 bridgehead atoms. The average Bonchev–Trinajstić information content (AvgIpc) is 3.07. The van der Waals surface area contributed by atoms with Crippen LogP contribution >= 0.6 is 22.9 Å². The van der Waals surface area contributed by atoms with E-state index in [9.17, 15) is 4.79 Å². The Bertz CT molecular complexity index is 1290. The van der Waals surface area contributed by atoms with Crippen molar-refractivity contribution in [1.29, 1.82) is 0 Å². The summed E-state index contributed by atoms with van der Waals surface area (Å²) in [6.45, 7) is 3.45. The highest BCUT2D eigenvalue weighted by atomic mass is 35.5. The second-order valence-corrected chi connectivity index (χ2v) is 8.10. The van der Waals surface area contributed by atoms with Crippen molar-refractivity contribution >= 4 is 49.8 Å². The predicted molar refractivity (Wildman–Crippen MR) is 122 cm³/mol. The van der Waals surface area contributed by atoms with Gasteiger partial charge in [-0.3, -0.25) is 4.79 Å². The highest BCUT2D eigenvalue weighted by Crippen LogP contribution is 2.29. The second kappa shape index (κ2) is 9.00. The zero-order valence-electron chi connectivity index (χ0n) is 16.7. The number of benzene rings is 3. The third kappa shape index (κ3) is 3.99. The van der Waals surface area contributed by atoms with Crippen LogP contribution in [0.1, 0.15) is 17.3 Å². The lowest BCUT2D eigenvalue weighted by Crippen LogP contribution is -2.19. The van der Waals surface area contributed by atoms with Crippen LogP contribution in [0.2, 0.25) is 5.02 Å². The van der Waals surface area contributed by atoms with Gasteiger partial charge < -0.3 is 14.0 Å². The molecule has 0 aliphatic carbocycles. The van der Waals surface area contributed by atoms with Gasteiger partial charge in [0.2, 0.25) is 0 Å². The first-order valence-corrected chi connectivity index (χ1v) is 10.8. The quantitative estimate of drug-likeness (QED) is 0.409. The zero-order valence-corrected chi connectivity index (χ0v) is 18.3. The number of fused-ring (bicyclic) bond motifs is 2. The largest absolute Gasteiger partial charge is 0.493 e. The van der Waals surface area contributed by atoms with E-state index in [-0.39, 0.29) is 5.91 Å². The third-order valence-electron chi connectivity index (χ3n) is 4.77. The van der Waals surface area contributed by atoms with E-state index in [0.29, 0.717) is 40.9 Å². The van der Waals surface area contributed by atoms with Crippen LogP contribution in [0.15, 0.2) is 59.6 Å². The normalized spacial score (nSPS) is 12.0. The van der Waals surface area contributed by atoms with Crippen LogP contribution in [0.5, 0.6) is 5.75 Å². The van der Waals surface area contributed by atoms with E-state index >= 15 is 0 Å². The molecule has 0 aliphatic rings. The van der Waals surface area contributed by atoms with Crippen molar-refractivity contribution in [3.8, 4) is 5.75 Å². The summed E-state index contributed by atoms with van der Waals surface area (Å²) >= 11 is 7.60. The van der Waals surface area contributed by atoms with Crippen molar-refractivity contribution in [2.75, 3.05) is 20.3 Å². The molecule has 4 rings (SSSR count). The number of hydrogen-bond donors (Lipinski definition) is 0. The highest BCUT2D eigenvalue weighted by molar-refractivity contribution is 7.16. The number of halogens is 1. The van der Waals surface area contributed by atoms with E-state index in [1.54, 1.807) is 7.11 Å². The first-order chi connectivity index (χ1) is 14.6. The molecule has 0 N–H and O–H groups in total. The molecule has 0 aliphatic heterocycles. The predicted octanol–water partition coefficient (Wildman–Crippen LogP) is 5.30. The molecular weight excluding hydrogens is 420 g/mol. The highest BCUT2D eigenvalue weighted by Gasteiger charge is 2.17. The summed E-state index contributed by atoms with van der Waals surface area (Å²) in [5.74, 6) is 0.205. The Balaban J connectivity index is 1.91. The third-order valence-corrected chi connectivity index (χ3v) is 6.04. The van der Waals surface area contributed by atoms with Crippen LogP contribution in [-0.4, -0.2) is 30.8 Å². The van der Waals surface area contributed by atoms with Crippen LogP contribution in [-0.2, 0) is 11.3 Å². The number of carbonyl (C=O) groups excluding carboxylic acids is 1. The summed E-state index contributed by atoms with van der Waals surface area (Å²) in [5.41, 5.74) is 1.44. The fourth-order valence-corrected chi connectivity index (χ4v) is 4.75. The number of rotatable bonds is 6.